The van der Waals surface area contributed by atoms with Crippen LogP contribution >= 0.6 is 11.3 Å². The first-order valence-corrected chi connectivity index (χ1v) is 7.45. The quantitative estimate of drug-likeness (QED) is 0.759. The number of hydrogen-bond acceptors (Lipinski definition) is 2. The number of rotatable bonds is 4. The van der Waals surface area contributed by atoms with E-state index >= 15 is 0 Å². The second-order valence-electron chi connectivity index (χ2n) is 4.93. The van der Waals surface area contributed by atoms with Crippen molar-refractivity contribution in [1.29, 1.82) is 0 Å². The molecule has 0 fully saturated rings. The molecule has 0 aliphatic rings. The largest absolute Gasteiger partial charge is 0.327 e. The Hall–Kier alpha value is -1.64. The fraction of sp³-hybridized carbons (Fsp3) is 0.176. The van der Waals surface area contributed by atoms with E-state index in [9.17, 15) is 0 Å². The van der Waals surface area contributed by atoms with Crippen LogP contribution in [0.5, 0.6) is 0 Å². The molecule has 0 aliphatic heterocycles. The molecule has 0 radical (unpaired) electrons. The summed E-state index contributed by atoms with van der Waals surface area (Å²) in [7, 11) is 0. The fourth-order valence-electron chi connectivity index (χ4n) is 2.43. The number of hydrogen-bond donors (Lipinski definition) is 1. The standard InChI is InChI=1S/C17H17NS/c18-16(12-17-6-3-9-19-17)11-13-7-8-14-4-1-2-5-15(14)10-13/h1-10,16H,11-12,18H2. The van der Waals surface area contributed by atoms with Gasteiger partial charge in [0, 0.05) is 10.9 Å². The van der Waals surface area contributed by atoms with Crippen LogP contribution in [-0.4, -0.2) is 6.04 Å². The molecule has 2 heteroatoms. The molecule has 1 unspecified atom stereocenters. The van der Waals surface area contributed by atoms with Crippen LogP contribution in [0.25, 0.3) is 10.8 Å². The van der Waals surface area contributed by atoms with E-state index in [1.807, 2.05) is 0 Å². The maximum Gasteiger partial charge on any atom is 0.0128 e. The van der Waals surface area contributed by atoms with Crippen LogP contribution in [0.4, 0.5) is 0 Å². The summed E-state index contributed by atoms with van der Waals surface area (Å²) in [5, 5.41) is 4.69. The molecule has 19 heavy (non-hydrogen) atoms. The number of nitrogens with two attached hydrogens (primary N) is 1. The monoisotopic (exact) mass is 267 g/mol. The third-order valence-electron chi connectivity index (χ3n) is 3.36. The third kappa shape index (κ3) is 3.03. The molecule has 0 amide bonds. The van der Waals surface area contributed by atoms with Gasteiger partial charge in [0.05, 0.1) is 0 Å². The normalized spacial score (nSPS) is 12.7. The molecule has 0 bridgehead atoms. The lowest BCUT2D eigenvalue weighted by molar-refractivity contribution is 0.671. The molecular weight excluding hydrogens is 250 g/mol. The SMILES string of the molecule is NC(Cc1ccc2ccccc2c1)Cc1cccs1. The molecule has 1 heterocycles. The highest BCUT2D eigenvalue weighted by Crippen LogP contribution is 2.18. The first-order valence-electron chi connectivity index (χ1n) is 6.57. The zero-order valence-corrected chi connectivity index (χ0v) is 11.6. The van der Waals surface area contributed by atoms with Crippen LogP contribution in [0.15, 0.2) is 60.0 Å². The Balaban J connectivity index is 1.73. The maximum atomic E-state index is 6.25. The van der Waals surface area contributed by atoms with E-state index in [0.717, 1.165) is 12.8 Å². The molecule has 0 saturated carbocycles. The predicted molar refractivity (Wildman–Crippen MR) is 83.7 cm³/mol. The predicted octanol–water partition coefficient (Wildman–Crippen LogP) is 4.01. The molecule has 1 nitrogen and oxygen atoms in total. The Morgan fingerprint density at radius 2 is 1.74 bits per heavy atom. The maximum absolute atomic E-state index is 6.25. The smallest absolute Gasteiger partial charge is 0.0128 e. The molecule has 0 aliphatic carbocycles. The summed E-state index contributed by atoms with van der Waals surface area (Å²) >= 11 is 1.78. The van der Waals surface area contributed by atoms with Gasteiger partial charge < -0.3 is 5.73 Å². The molecule has 0 saturated heterocycles. The van der Waals surface area contributed by atoms with Crippen LogP contribution in [-0.2, 0) is 12.8 Å². The average Bonchev–Trinajstić information content (AvgIpc) is 2.91. The first kappa shape index (κ1) is 12.4. The van der Waals surface area contributed by atoms with Gasteiger partial charge in [0.15, 0.2) is 0 Å². The Kier molecular flexibility index (Phi) is 3.62. The summed E-state index contributed by atoms with van der Waals surface area (Å²) in [6.45, 7) is 0. The highest BCUT2D eigenvalue weighted by atomic mass is 32.1. The molecule has 2 aromatic carbocycles. The molecule has 1 aromatic heterocycles. The molecule has 1 atom stereocenters. The van der Waals surface area contributed by atoms with Gasteiger partial charge in [0.25, 0.3) is 0 Å². The minimum absolute atomic E-state index is 0.194. The third-order valence-corrected chi connectivity index (χ3v) is 4.25. The van der Waals surface area contributed by atoms with Gasteiger partial charge in [-0.25, -0.2) is 0 Å². The van der Waals surface area contributed by atoms with Crippen molar-refractivity contribution in [3.8, 4) is 0 Å². The van der Waals surface area contributed by atoms with Crippen LogP contribution in [0.3, 0.4) is 0 Å². The van der Waals surface area contributed by atoms with Crippen molar-refractivity contribution in [3.05, 3.63) is 70.4 Å². The van der Waals surface area contributed by atoms with Crippen LogP contribution < -0.4 is 5.73 Å². The fourth-order valence-corrected chi connectivity index (χ4v) is 3.23. The lowest BCUT2D eigenvalue weighted by Gasteiger charge is -2.11. The molecule has 3 aromatic rings. The zero-order chi connectivity index (χ0) is 13.1. The minimum atomic E-state index is 0.194. The van der Waals surface area contributed by atoms with Gasteiger partial charge in [-0.05, 0) is 40.6 Å². The number of fused-ring (bicyclic) bond motifs is 1. The number of benzene rings is 2. The second kappa shape index (κ2) is 5.55. The van der Waals surface area contributed by atoms with E-state index in [1.165, 1.54) is 21.2 Å². The van der Waals surface area contributed by atoms with Crippen molar-refractivity contribution in [2.75, 3.05) is 0 Å². The van der Waals surface area contributed by atoms with Gasteiger partial charge in [0.1, 0.15) is 0 Å². The zero-order valence-electron chi connectivity index (χ0n) is 10.8. The Bertz CT molecular complexity index is 658. The van der Waals surface area contributed by atoms with Gasteiger partial charge in [-0.3, -0.25) is 0 Å². The van der Waals surface area contributed by atoms with Crippen molar-refractivity contribution in [2.45, 2.75) is 18.9 Å². The van der Waals surface area contributed by atoms with Gasteiger partial charge in [-0.2, -0.15) is 0 Å². The van der Waals surface area contributed by atoms with E-state index < -0.39 is 0 Å². The van der Waals surface area contributed by atoms with Crippen molar-refractivity contribution < 1.29 is 0 Å². The van der Waals surface area contributed by atoms with E-state index in [4.69, 9.17) is 5.73 Å². The van der Waals surface area contributed by atoms with E-state index in [1.54, 1.807) is 11.3 Å². The lowest BCUT2D eigenvalue weighted by atomic mass is 10.0. The van der Waals surface area contributed by atoms with Crippen molar-refractivity contribution in [1.82, 2.24) is 0 Å². The minimum Gasteiger partial charge on any atom is -0.327 e. The van der Waals surface area contributed by atoms with E-state index in [0.29, 0.717) is 0 Å². The molecule has 96 valence electrons. The lowest BCUT2D eigenvalue weighted by Crippen LogP contribution is -2.25. The summed E-state index contributed by atoms with van der Waals surface area (Å²) in [5.41, 5.74) is 7.57. The second-order valence-corrected chi connectivity index (χ2v) is 5.96. The van der Waals surface area contributed by atoms with Crippen LogP contribution in [0.1, 0.15) is 10.4 Å². The Morgan fingerprint density at radius 1 is 0.895 bits per heavy atom. The van der Waals surface area contributed by atoms with Gasteiger partial charge >= 0.3 is 0 Å². The van der Waals surface area contributed by atoms with Gasteiger partial charge in [0.2, 0.25) is 0 Å². The Morgan fingerprint density at radius 3 is 2.53 bits per heavy atom. The summed E-state index contributed by atoms with van der Waals surface area (Å²) < 4.78 is 0. The highest BCUT2D eigenvalue weighted by molar-refractivity contribution is 7.09. The summed E-state index contributed by atoms with van der Waals surface area (Å²) in [5.74, 6) is 0. The van der Waals surface area contributed by atoms with Crippen molar-refractivity contribution >= 4 is 22.1 Å². The summed E-state index contributed by atoms with van der Waals surface area (Å²) in [6, 6.07) is 19.5. The Labute approximate surface area is 117 Å². The molecule has 0 spiro atoms. The average molecular weight is 267 g/mol. The van der Waals surface area contributed by atoms with Crippen molar-refractivity contribution in [3.63, 3.8) is 0 Å². The van der Waals surface area contributed by atoms with E-state index in [-0.39, 0.29) is 6.04 Å². The van der Waals surface area contributed by atoms with Crippen LogP contribution in [0, 0.1) is 0 Å². The number of thiophene rings is 1. The highest BCUT2D eigenvalue weighted by Gasteiger charge is 2.06. The summed E-state index contributed by atoms with van der Waals surface area (Å²) in [4.78, 5) is 1.37. The summed E-state index contributed by atoms with van der Waals surface area (Å²) in [6.07, 6.45) is 1.90. The van der Waals surface area contributed by atoms with Crippen molar-refractivity contribution in [2.24, 2.45) is 5.73 Å². The van der Waals surface area contributed by atoms with Gasteiger partial charge in [-0.15, -0.1) is 11.3 Å². The van der Waals surface area contributed by atoms with Gasteiger partial charge in [-0.1, -0.05) is 48.5 Å². The molecular formula is C17H17NS. The van der Waals surface area contributed by atoms with Crippen LogP contribution in [0.2, 0.25) is 0 Å². The molecule has 3 rings (SSSR count). The topological polar surface area (TPSA) is 26.0 Å². The van der Waals surface area contributed by atoms with E-state index in [2.05, 4.69) is 60.0 Å². The molecule has 2 N–H and O–H groups in total. The first-order chi connectivity index (χ1) is 9.31.